The lowest BCUT2D eigenvalue weighted by Crippen LogP contribution is -2.46. The molecule has 106 valence electrons. The zero-order valence-electron chi connectivity index (χ0n) is 10.5. The first kappa shape index (κ1) is 13.7. The minimum Gasteiger partial charge on any atom is -0.480 e. The van der Waals surface area contributed by atoms with E-state index >= 15 is 0 Å². The average molecular weight is 278 g/mol. The van der Waals surface area contributed by atoms with Gasteiger partial charge < -0.3 is 25.1 Å². The largest absolute Gasteiger partial charge is 0.480 e. The third kappa shape index (κ3) is 3.87. The molecule has 0 aliphatic rings. The molecule has 1 atom stereocenters. The van der Waals surface area contributed by atoms with E-state index in [1.54, 1.807) is 12.1 Å². The van der Waals surface area contributed by atoms with Crippen LogP contribution in [-0.4, -0.2) is 33.1 Å². The summed E-state index contributed by atoms with van der Waals surface area (Å²) in [7, 11) is 0. The molecule has 0 unspecified atom stereocenters. The number of rotatable bonds is 6. The zero-order valence-corrected chi connectivity index (χ0v) is 10.5. The Morgan fingerprint density at radius 2 is 2.35 bits per heavy atom. The Hall–Kier alpha value is -2.77. The molecular weight excluding hydrogens is 264 g/mol. The smallest absolute Gasteiger partial charge is 0.326 e. The highest BCUT2D eigenvalue weighted by atomic mass is 16.4. The van der Waals surface area contributed by atoms with Gasteiger partial charge in [0.1, 0.15) is 11.8 Å². The van der Waals surface area contributed by atoms with Gasteiger partial charge in [-0.1, -0.05) is 0 Å². The molecule has 0 aromatic carbocycles. The predicted molar refractivity (Wildman–Crippen MR) is 67.8 cm³/mol. The van der Waals surface area contributed by atoms with Crippen LogP contribution in [0.25, 0.3) is 0 Å². The molecule has 8 nitrogen and oxygen atoms in total. The number of imidazole rings is 1. The van der Waals surface area contributed by atoms with Crippen LogP contribution >= 0.6 is 0 Å². The number of urea groups is 1. The number of aliphatic carboxylic acids is 1. The summed E-state index contributed by atoms with van der Waals surface area (Å²) in [6, 6.07) is 1.80. The quantitative estimate of drug-likeness (QED) is 0.613. The monoisotopic (exact) mass is 278 g/mol. The second kappa shape index (κ2) is 6.41. The van der Waals surface area contributed by atoms with Crippen LogP contribution in [-0.2, 0) is 17.8 Å². The summed E-state index contributed by atoms with van der Waals surface area (Å²) in [4.78, 5) is 29.3. The van der Waals surface area contributed by atoms with Gasteiger partial charge in [0.2, 0.25) is 0 Å². The van der Waals surface area contributed by atoms with Crippen LogP contribution in [0, 0.1) is 0 Å². The molecule has 20 heavy (non-hydrogen) atoms. The van der Waals surface area contributed by atoms with E-state index in [9.17, 15) is 9.59 Å². The summed E-state index contributed by atoms with van der Waals surface area (Å²) in [5.41, 5.74) is 0.628. The van der Waals surface area contributed by atoms with Gasteiger partial charge in [-0.15, -0.1) is 0 Å². The normalized spacial score (nSPS) is 11.8. The number of nitrogens with one attached hydrogen (secondary N) is 3. The number of carboxylic acid groups (broad SMARTS) is 1. The van der Waals surface area contributed by atoms with Crippen molar-refractivity contribution < 1.29 is 19.1 Å². The van der Waals surface area contributed by atoms with Gasteiger partial charge in [-0.25, -0.2) is 14.6 Å². The number of aromatic amines is 1. The number of furan rings is 1. The van der Waals surface area contributed by atoms with Crippen LogP contribution in [0.4, 0.5) is 4.79 Å². The zero-order chi connectivity index (χ0) is 14.4. The van der Waals surface area contributed by atoms with Crippen molar-refractivity contribution in [3.05, 3.63) is 42.4 Å². The van der Waals surface area contributed by atoms with E-state index in [4.69, 9.17) is 9.52 Å². The van der Waals surface area contributed by atoms with Crippen molar-refractivity contribution in [1.82, 2.24) is 20.6 Å². The minimum absolute atomic E-state index is 0.128. The Balaban J connectivity index is 1.84. The van der Waals surface area contributed by atoms with Crippen LogP contribution in [0.15, 0.2) is 35.3 Å². The second-order valence-corrected chi connectivity index (χ2v) is 4.08. The maximum Gasteiger partial charge on any atom is 0.326 e. The number of carbonyl (C=O) groups is 2. The summed E-state index contributed by atoms with van der Waals surface area (Å²) >= 11 is 0. The van der Waals surface area contributed by atoms with Crippen molar-refractivity contribution in [3.63, 3.8) is 0 Å². The number of carboxylic acids is 1. The van der Waals surface area contributed by atoms with Gasteiger partial charge >= 0.3 is 12.0 Å². The highest BCUT2D eigenvalue weighted by Crippen LogP contribution is 2.00. The van der Waals surface area contributed by atoms with Crippen LogP contribution < -0.4 is 10.6 Å². The Bertz CT molecular complexity index is 550. The number of aromatic nitrogens is 2. The van der Waals surface area contributed by atoms with E-state index in [0.717, 1.165) is 0 Å². The lowest BCUT2D eigenvalue weighted by Gasteiger charge is -2.14. The molecule has 2 aromatic heterocycles. The van der Waals surface area contributed by atoms with E-state index in [2.05, 4.69) is 20.6 Å². The van der Waals surface area contributed by atoms with Gasteiger partial charge in [0.15, 0.2) is 0 Å². The molecule has 0 aliphatic carbocycles. The fraction of sp³-hybridized carbons (Fsp3) is 0.250. The summed E-state index contributed by atoms with van der Waals surface area (Å²) in [5.74, 6) is -0.534. The standard InChI is InChI=1S/C12H14N4O4/c17-11(18)10(4-8-5-13-7-15-8)16-12(19)14-6-9-2-1-3-20-9/h1-3,5,7,10H,4,6H2,(H,13,15)(H,17,18)(H2,14,16,19)/t10-/m1/s1. The van der Waals surface area contributed by atoms with Gasteiger partial charge in [-0.3, -0.25) is 0 Å². The molecule has 2 amide bonds. The summed E-state index contributed by atoms with van der Waals surface area (Å²) in [5, 5.41) is 14.0. The van der Waals surface area contributed by atoms with Crippen molar-refractivity contribution in [2.45, 2.75) is 19.0 Å². The van der Waals surface area contributed by atoms with Gasteiger partial charge in [0.25, 0.3) is 0 Å². The summed E-state index contributed by atoms with van der Waals surface area (Å²) in [6.45, 7) is 0.190. The Morgan fingerprint density at radius 3 is 2.95 bits per heavy atom. The molecular formula is C12H14N4O4. The third-order valence-corrected chi connectivity index (χ3v) is 2.59. The number of hydrogen-bond donors (Lipinski definition) is 4. The average Bonchev–Trinajstić information content (AvgIpc) is 3.08. The molecule has 0 spiro atoms. The van der Waals surface area contributed by atoms with Crippen LogP contribution in [0.2, 0.25) is 0 Å². The Labute approximate surface area is 114 Å². The van der Waals surface area contributed by atoms with E-state index in [1.807, 2.05) is 0 Å². The molecule has 0 radical (unpaired) electrons. The van der Waals surface area contributed by atoms with E-state index < -0.39 is 18.0 Å². The highest BCUT2D eigenvalue weighted by molar-refractivity contribution is 5.82. The first-order chi connectivity index (χ1) is 9.65. The van der Waals surface area contributed by atoms with Crippen molar-refractivity contribution in [3.8, 4) is 0 Å². The van der Waals surface area contributed by atoms with Gasteiger partial charge in [-0.05, 0) is 12.1 Å². The molecule has 0 aliphatic heterocycles. The maximum atomic E-state index is 11.6. The number of nitrogens with zero attached hydrogens (tertiary/aromatic N) is 1. The molecule has 2 rings (SSSR count). The fourth-order valence-electron chi connectivity index (χ4n) is 1.61. The van der Waals surface area contributed by atoms with Crippen molar-refractivity contribution in [2.75, 3.05) is 0 Å². The van der Waals surface area contributed by atoms with Gasteiger partial charge in [-0.2, -0.15) is 0 Å². The van der Waals surface area contributed by atoms with Crippen LogP contribution in [0.3, 0.4) is 0 Å². The summed E-state index contributed by atoms with van der Waals surface area (Å²) in [6.07, 6.45) is 4.58. The van der Waals surface area contributed by atoms with E-state index in [0.29, 0.717) is 11.5 Å². The molecule has 4 N–H and O–H groups in total. The fourth-order valence-corrected chi connectivity index (χ4v) is 1.61. The number of H-pyrrole nitrogens is 1. The van der Waals surface area contributed by atoms with Crippen LogP contribution in [0.5, 0.6) is 0 Å². The molecule has 0 bridgehead atoms. The van der Waals surface area contributed by atoms with Gasteiger partial charge in [0.05, 0.1) is 19.1 Å². The minimum atomic E-state index is -1.12. The lowest BCUT2D eigenvalue weighted by atomic mass is 10.2. The third-order valence-electron chi connectivity index (χ3n) is 2.59. The van der Waals surface area contributed by atoms with E-state index in [-0.39, 0.29) is 13.0 Å². The topological polar surface area (TPSA) is 120 Å². The lowest BCUT2D eigenvalue weighted by molar-refractivity contribution is -0.139. The highest BCUT2D eigenvalue weighted by Gasteiger charge is 2.20. The van der Waals surface area contributed by atoms with Crippen molar-refractivity contribution >= 4 is 12.0 Å². The molecule has 2 heterocycles. The number of amides is 2. The maximum absolute atomic E-state index is 11.6. The van der Waals surface area contributed by atoms with Crippen molar-refractivity contribution in [2.24, 2.45) is 0 Å². The Kier molecular flexibility index (Phi) is 4.38. The SMILES string of the molecule is O=C(NCc1ccco1)N[C@H](Cc1cnc[nH]1)C(=O)O. The number of carbonyl (C=O) groups excluding carboxylic acids is 1. The molecule has 8 heteroatoms. The van der Waals surface area contributed by atoms with Gasteiger partial charge in [0, 0.05) is 18.3 Å². The molecule has 0 saturated heterocycles. The second-order valence-electron chi connectivity index (χ2n) is 4.08. The first-order valence-corrected chi connectivity index (χ1v) is 5.92. The first-order valence-electron chi connectivity index (χ1n) is 5.92. The summed E-state index contributed by atoms with van der Waals surface area (Å²) < 4.78 is 5.05. The van der Waals surface area contributed by atoms with E-state index in [1.165, 1.54) is 18.8 Å². The number of hydrogen-bond acceptors (Lipinski definition) is 4. The molecule has 2 aromatic rings. The van der Waals surface area contributed by atoms with Crippen LogP contribution in [0.1, 0.15) is 11.5 Å². The predicted octanol–water partition coefficient (Wildman–Crippen LogP) is 0.498. The molecule has 0 saturated carbocycles. The molecule has 0 fully saturated rings. The Morgan fingerprint density at radius 1 is 1.50 bits per heavy atom. The van der Waals surface area contributed by atoms with Crippen molar-refractivity contribution in [1.29, 1.82) is 0 Å².